The summed E-state index contributed by atoms with van der Waals surface area (Å²) in [4.78, 5) is 44.9. The van der Waals surface area contributed by atoms with E-state index in [1.165, 1.54) is 4.90 Å². The summed E-state index contributed by atoms with van der Waals surface area (Å²) in [6.45, 7) is 6.24. The second-order valence-corrected chi connectivity index (χ2v) is 10.3. The van der Waals surface area contributed by atoms with E-state index in [1.54, 1.807) is 18.2 Å². The van der Waals surface area contributed by atoms with Crippen molar-refractivity contribution in [2.24, 2.45) is 22.7 Å². The van der Waals surface area contributed by atoms with Gasteiger partial charge in [-0.1, -0.05) is 86.6 Å². The monoisotopic (exact) mass is 505 g/mol. The molecule has 0 N–H and O–H groups in total. The Labute approximate surface area is 223 Å². The predicted molar refractivity (Wildman–Crippen MR) is 147 cm³/mol. The summed E-state index contributed by atoms with van der Waals surface area (Å²) in [5, 5.41) is 0. The number of nitrogens with zero attached hydrogens (tertiary/aromatic N) is 1. The van der Waals surface area contributed by atoms with Crippen LogP contribution in [-0.4, -0.2) is 24.2 Å². The van der Waals surface area contributed by atoms with Crippen LogP contribution < -0.4 is 9.64 Å². The lowest BCUT2D eigenvalue weighted by Gasteiger charge is -2.38. The van der Waals surface area contributed by atoms with E-state index in [0.29, 0.717) is 30.9 Å². The summed E-state index contributed by atoms with van der Waals surface area (Å²) in [5.74, 6) is -1.63. The first-order valence-electron chi connectivity index (χ1n) is 13.5. The van der Waals surface area contributed by atoms with Crippen LogP contribution in [0.15, 0.2) is 84.9 Å². The van der Waals surface area contributed by atoms with Gasteiger partial charge in [0.25, 0.3) is 0 Å². The van der Waals surface area contributed by atoms with E-state index in [4.69, 9.17) is 4.74 Å². The van der Waals surface area contributed by atoms with E-state index in [-0.39, 0.29) is 17.6 Å². The van der Waals surface area contributed by atoms with E-state index < -0.39 is 22.7 Å². The number of hydrogen-bond acceptors (Lipinski definition) is 4. The number of para-hydroxylation sites is 2. The number of fused-ring (bicyclic) bond motifs is 5. The molecular formula is C33H31NO4. The zero-order valence-corrected chi connectivity index (χ0v) is 21.9. The number of ketones is 1. The Kier molecular flexibility index (Phi) is 5.64. The molecule has 0 spiro atoms. The Morgan fingerprint density at radius 3 is 1.55 bits per heavy atom. The smallest absolute Gasteiger partial charge is 0.239 e. The number of carbonyl (C=O) groups excluding carboxylic acids is 3. The van der Waals surface area contributed by atoms with Crippen molar-refractivity contribution in [3.8, 4) is 5.75 Å². The van der Waals surface area contributed by atoms with Crippen LogP contribution >= 0.6 is 0 Å². The molecule has 2 bridgehead atoms. The van der Waals surface area contributed by atoms with Gasteiger partial charge in [-0.2, -0.15) is 0 Å². The minimum atomic E-state index is -1.09. The zero-order chi connectivity index (χ0) is 26.7. The molecule has 1 heterocycles. The van der Waals surface area contributed by atoms with E-state index in [9.17, 15) is 14.4 Å². The van der Waals surface area contributed by atoms with Gasteiger partial charge in [0.1, 0.15) is 5.75 Å². The second kappa shape index (κ2) is 8.80. The summed E-state index contributed by atoms with van der Waals surface area (Å²) in [5.41, 5.74) is 1.95. The Morgan fingerprint density at radius 2 is 1.11 bits per heavy atom. The summed E-state index contributed by atoms with van der Waals surface area (Å²) in [6, 6.07) is 27.0. The number of benzene rings is 3. The standard InChI is InChI=1S/C33H31NO4/c1-4-32-25(21-15-9-7-10-16-21)26(22-17-11-8-12-18-22)33(5-2,31(32)37)28-27(32)29(35)34(30(28)36)23-19-13-14-20-24(23)38-6-3/h7-20,27-28H,4-6H2,1-3H3/t27-,28+,32-,33-/m1/s1. The van der Waals surface area contributed by atoms with Crippen molar-refractivity contribution < 1.29 is 19.1 Å². The van der Waals surface area contributed by atoms with Gasteiger partial charge >= 0.3 is 0 Å². The second-order valence-electron chi connectivity index (χ2n) is 10.3. The van der Waals surface area contributed by atoms with E-state index in [2.05, 4.69) is 0 Å². The number of amides is 2. The first kappa shape index (κ1) is 24.4. The number of imide groups is 1. The molecule has 0 unspecified atom stereocenters. The zero-order valence-electron chi connectivity index (χ0n) is 21.9. The van der Waals surface area contributed by atoms with Crippen LogP contribution in [0.25, 0.3) is 11.1 Å². The molecule has 0 radical (unpaired) electrons. The molecule has 6 rings (SSSR count). The van der Waals surface area contributed by atoms with Crippen LogP contribution in [0, 0.1) is 22.7 Å². The number of carbonyl (C=O) groups is 3. The van der Waals surface area contributed by atoms with E-state index in [1.807, 2.05) is 87.5 Å². The Bertz CT molecular complexity index is 1390. The molecule has 1 saturated heterocycles. The molecule has 1 saturated carbocycles. The predicted octanol–water partition coefficient (Wildman–Crippen LogP) is 6.19. The Hall–Kier alpha value is -3.99. The highest BCUT2D eigenvalue weighted by atomic mass is 16.5. The van der Waals surface area contributed by atoms with Crippen molar-refractivity contribution in [3.05, 3.63) is 96.1 Å². The van der Waals surface area contributed by atoms with Gasteiger partial charge in [-0.05, 0) is 54.2 Å². The maximum atomic E-state index is 14.8. The summed E-state index contributed by atoms with van der Waals surface area (Å²) >= 11 is 0. The van der Waals surface area contributed by atoms with Crippen molar-refractivity contribution in [2.45, 2.75) is 33.6 Å². The highest BCUT2D eigenvalue weighted by Crippen LogP contribution is 2.75. The van der Waals surface area contributed by atoms with Crippen molar-refractivity contribution in [2.75, 3.05) is 11.5 Å². The molecule has 5 heteroatoms. The molecule has 1 aliphatic heterocycles. The number of rotatable bonds is 7. The third-order valence-electron chi connectivity index (χ3n) is 8.97. The lowest BCUT2D eigenvalue weighted by molar-refractivity contribution is -0.134. The Balaban J connectivity index is 1.65. The first-order valence-corrected chi connectivity index (χ1v) is 13.5. The largest absolute Gasteiger partial charge is 0.492 e. The van der Waals surface area contributed by atoms with Gasteiger partial charge in [0.2, 0.25) is 11.8 Å². The van der Waals surface area contributed by atoms with Gasteiger partial charge in [-0.3, -0.25) is 14.4 Å². The van der Waals surface area contributed by atoms with Gasteiger partial charge in [-0.15, -0.1) is 0 Å². The molecule has 38 heavy (non-hydrogen) atoms. The Morgan fingerprint density at radius 1 is 0.658 bits per heavy atom. The average Bonchev–Trinajstić information content (AvgIpc) is 3.45. The van der Waals surface area contributed by atoms with Gasteiger partial charge in [-0.25, -0.2) is 4.90 Å². The normalized spacial score (nSPS) is 27.9. The van der Waals surface area contributed by atoms with Gasteiger partial charge < -0.3 is 4.74 Å². The molecular weight excluding hydrogens is 474 g/mol. The fourth-order valence-corrected chi connectivity index (χ4v) is 7.61. The minimum Gasteiger partial charge on any atom is -0.492 e. The van der Waals surface area contributed by atoms with Gasteiger partial charge in [0.15, 0.2) is 5.78 Å². The van der Waals surface area contributed by atoms with Crippen LogP contribution in [0.3, 0.4) is 0 Å². The third kappa shape index (κ3) is 2.85. The maximum Gasteiger partial charge on any atom is 0.239 e. The molecule has 0 aromatic heterocycles. The van der Waals surface area contributed by atoms with E-state index >= 15 is 0 Å². The van der Waals surface area contributed by atoms with Crippen molar-refractivity contribution in [1.82, 2.24) is 0 Å². The van der Waals surface area contributed by atoms with Crippen LogP contribution in [-0.2, 0) is 14.4 Å². The van der Waals surface area contributed by atoms with Gasteiger partial charge in [0.05, 0.1) is 35.0 Å². The van der Waals surface area contributed by atoms with Crippen LogP contribution in [0.2, 0.25) is 0 Å². The van der Waals surface area contributed by atoms with Crippen LogP contribution in [0.4, 0.5) is 5.69 Å². The fraction of sp³-hybridized carbons (Fsp3) is 0.303. The maximum absolute atomic E-state index is 14.8. The minimum absolute atomic E-state index is 0.0159. The summed E-state index contributed by atoms with van der Waals surface area (Å²) in [6.07, 6.45) is 0.880. The molecule has 3 aromatic carbocycles. The molecule has 4 atom stereocenters. The lowest BCUT2D eigenvalue weighted by atomic mass is 9.60. The molecule has 3 aliphatic rings. The molecule has 5 nitrogen and oxygen atoms in total. The SMILES string of the molecule is CCOc1ccccc1N1C(=O)[C@@H]2[C@H](C1=O)[C@]1(CC)C(=O)[C@]2(CC)C(c2ccccc2)=C1c1ccccc1. The quantitative estimate of drug-likeness (QED) is 0.359. The number of anilines is 1. The van der Waals surface area contributed by atoms with Crippen molar-refractivity contribution in [3.63, 3.8) is 0 Å². The molecule has 192 valence electrons. The van der Waals surface area contributed by atoms with Gasteiger partial charge in [0, 0.05) is 0 Å². The van der Waals surface area contributed by atoms with E-state index in [0.717, 1.165) is 22.3 Å². The topological polar surface area (TPSA) is 63.7 Å². The number of hydrogen-bond donors (Lipinski definition) is 0. The lowest BCUT2D eigenvalue weighted by Crippen LogP contribution is -2.42. The molecule has 2 aliphatic carbocycles. The summed E-state index contributed by atoms with van der Waals surface area (Å²) < 4.78 is 5.82. The highest BCUT2D eigenvalue weighted by Gasteiger charge is 2.80. The van der Waals surface area contributed by atoms with Crippen LogP contribution in [0.5, 0.6) is 5.75 Å². The van der Waals surface area contributed by atoms with Crippen molar-refractivity contribution >= 4 is 34.4 Å². The third-order valence-corrected chi connectivity index (χ3v) is 8.97. The number of ether oxygens (including phenoxy) is 1. The molecule has 2 amide bonds. The number of allylic oxidation sites excluding steroid dienone is 2. The summed E-state index contributed by atoms with van der Waals surface area (Å²) in [7, 11) is 0. The first-order chi connectivity index (χ1) is 18.5. The fourth-order valence-electron chi connectivity index (χ4n) is 7.61. The highest BCUT2D eigenvalue weighted by molar-refractivity contribution is 6.35. The van der Waals surface area contributed by atoms with Crippen LogP contribution in [0.1, 0.15) is 44.7 Å². The van der Waals surface area contributed by atoms with Crippen molar-refractivity contribution in [1.29, 1.82) is 0 Å². The average molecular weight is 506 g/mol. The molecule has 2 fully saturated rings. The molecule has 3 aromatic rings. The number of Topliss-reactive ketones (excluding diaryl/α,β-unsaturated/α-hetero) is 1.